The highest BCUT2D eigenvalue weighted by atomic mass is 16.5. The molecule has 0 saturated carbocycles. The van der Waals surface area contributed by atoms with Crippen molar-refractivity contribution in [1.29, 1.82) is 0 Å². The van der Waals surface area contributed by atoms with Crippen LogP contribution in [0, 0.1) is 0 Å². The predicted octanol–water partition coefficient (Wildman–Crippen LogP) is 2.03. The summed E-state index contributed by atoms with van der Waals surface area (Å²) in [7, 11) is 0. The largest absolute Gasteiger partial charge is 0.482 e. The summed E-state index contributed by atoms with van der Waals surface area (Å²) in [4.78, 5) is 8.14. The van der Waals surface area contributed by atoms with Crippen LogP contribution in [-0.4, -0.2) is 26.7 Å². The molecule has 3 N–H and O–H groups in total. The minimum absolute atomic E-state index is 0.222. The van der Waals surface area contributed by atoms with E-state index < -0.39 is 0 Å². The minimum atomic E-state index is 0.222. The number of anilines is 2. The molecule has 0 aromatic carbocycles. The second kappa shape index (κ2) is 7.98. The maximum absolute atomic E-state index is 5.69. The van der Waals surface area contributed by atoms with Crippen LogP contribution >= 0.6 is 0 Å². The molecule has 0 aliphatic heterocycles. The summed E-state index contributed by atoms with van der Waals surface area (Å²) < 4.78 is 5.69. The van der Waals surface area contributed by atoms with Crippen molar-refractivity contribution in [2.24, 2.45) is 0 Å². The molecule has 0 aliphatic rings. The van der Waals surface area contributed by atoms with Gasteiger partial charge in [0.1, 0.15) is 12.3 Å². The minimum Gasteiger partial charge on any atom is -0.482 e. The third-order valence-electron chi connectivity index (χ3n) is 2.85. The predicted molar refractivity (Wildman–Crippen MR) is 80.8 cm³/mol. The normalized spacial score (nSPS) is 10.3. The van der Waals surface area contributed by atoms with E-state index in [1.54, 1.807) is 12.4 Å². The van der Waals surface area contributed by atoms with E-state index in [9.17, 15) is 0 Å². The number of nitrogens with one attached hydrogen (secondary N) is 1. The average Bonchev–Trinajstić information content (AvgIpc) is 2.52. The van der Waals surface area contributed by atoms with Gasteiger partial charge in [-0.1, -0.05) is 19.8 Å². The number of aromatic nitrogens is 4. The Morgan fingerprint density at radius 3 is 3.00 bits per heavy atom. The van der Waals surface area contributed by atoms with Gasteiger partial charge in [-0.05, 0) is 18.6 Å². The lowest BCUT2D eigenvalue weighted by atomic mass is 10.2. The molecule has 2 aromatic heterocycles. The highest BCUT2D eigenvalue weighted by Crippen LogP contribution is 2.22. The van der Waals surface area contributed by atoms with E-state index in [1.807, 2.05) is 12.1 Å². The molecule has 0 atom stereocenters. The molecule has 2 aromatic rings. The summed E-state index contributed by atoms with van der Waals surface area (Å²) in [5.74, 6) is 1.40. The fourth-order valence-electron chi connectivity index (χ4n) is 1.76. The van der Waals surface area contributed by atoms with E-state index in [-0.39, 0.29) is 5.95 Å². The van der Waals surface area contributed by atoms with Crippen LogP contribution in [0.1, 0.15) is 31.9 Å². The SMILES string of the molecule is CCCCCNc1nc(N)ncc1OCc1cccnn1. The van der Waals surface area contributed by atoms with E-state index in [0.29, 0.717) is 18.2 Å². The fraction of sp³-hybridized carbons (Fsp3) is 0.429. The zero-order valence-electron chi connectivity index (χ0n) is 12.1. The first-order valence-corrected chi connectivity index (χ1v) is 7.05. The van der Waals surface area contributed by atoms with Crippen molar-refractivity contribution in [3.8, 4) is 5.75 Å². The third kappa shape index (κ3) is 4.87. The van der Waals surface area contributed by atoms with E-state index in [1.165, 1.54) is 12.8 Å². The molecule has 0 fully saturated rings. The van der Waals surface area contributed by atoms with Crippen LogP contribution in [0.5, 0.6) is 5.75 Å². The Morgan fingerprint density at radius 1 is 1.33 bits per heavy atom. The highest BCUT2D eigenvalue weighted by molar-refractivity contribution is 5.51. The van der Waals surface area contributed by atoms with Crippen molar-refractivity contribution in [3.63, 3.8) is 0 Å². The summed E-state index contributed by atoms with van der Waals surface area (Å²) in [5.41, 5.74) is 6.37. The van der Waals surface area contributed by atoms with Gasteiger partial charge in [0.05, 0.1) is 6.20 Å². The first-order chi connectivity index (χ1) is 10.3. The molecule has 7 heteroatoms. The van der Waals surface area contributed by atoms with E-state index in [4.69, 9.17) is 10.5 Å². The summed E-state index contributed by atoms with van der Waals surface area (Å²) in [6, 6.07) is 3.66. The number of ether oxygens (including phenoxy) is 1. The molecule has 2 heterocycles. The molecule has 0 unspecified atom stereocenters. The number of hydrogen-bond donors (Lipinski definition) is 2. The Bertz CT molecular complexity index is 548. The Labute approximate surface area is 124 Å². The van der Waals surface area contributed by atoms with Crippen LogP contribution in [0.4, 0.5) is 11.8 Å². The smallest absolute Gasteiger partial charge is 0.222 e. The fourth-order valence-corrected chi connectivity index (χ4v) is 1.76. The van der Waals surface area contributed by atoms with Gasteiger partial charge in [-0.2, -0.15) is 15.2 Å². The van der Waals surface area contributed by atoms with E-state index >= 15 is 0 Å². The summed E-state index contributed by atoms with van der Waals surface area (Å²) in [5, 5.41) is 11.0. The van der Waals surface area contributed by atoms with Crippen molar-refractivity contribution in [2.75, 3.05) is 17.6 Å². The Kier molecular flexibility index (Phi) is 5.69. The Hall–Kier alpha value is -2.44. The van der Waals surface area contributed by atoms with Crippen LogP contribution in [0.15, 0.2) is 24.5 Å². The van der Waals surface area contributed by atoms with Gasteiger partial charge in [-0.3, -0.25) is 0 Å². The monoisotopic (exact) mass is 288 g/mol. The van der Waals surface area contributed by atoms with Gasteiger partial charge < -0.3 is 15.8 Å². The molecular weight excluding hydrogens is 268 g/mol. The lowest BCUT2D eigenvalue weighted by Crippen LogP contribution is -2.09. The van der Waals surface area contributed by atoms with Crippen molar-refractivity contribution < 1.29 is 4.74 Å². The van der Waals surface area contributed by atoms with Gasteiger partial charge in [0.15, 0.2) is 11.6 Å². The molecule has 112 valence electrons. The molecule has 0 amide bonds. The summed E-state index contributed by atoms with van der Waals surface area (Å²) in [6.45, 7) is 3.30. The standard InChI is InChI=1S/C14H20N6O/c1-2-3-4-7-16-13-12(9-17-14(15)19-13)21-10-11-6-5-8-18-20-11/h5-6,8-9H,2-4,7,10H2,1H3,(H3,15,16,17,19). The molecular formula is C14H20N6O. The summed E-state index contributed by atoms with van der Waals surface area (Å²) in [6.07, 6.45) is 6.61. The highest BCUT2D eigenvalue weighted by Gasteiger charge is 2.07. The number of nitrogens with two attached hydrogens (primary N) is 1. The number of nitrogens with zero attached hydrogens (tertiary/aromatic N) is 4. The van der Waals surface area contributed by atoms with Gasteiger partial charge in [0, 0.05) is 12.7 Å². The zero-order chi connectivity index (χ0) is 14.9. The van der Waals surface area contributed by atoms with Crippen LogP contribution in [0.2, 0.25) is 0 Å². The van der Waals surface area contributed by atoms with Crippen LogP contribution < -0.4 is 15.8 Å². The Balaban J connectivity index is 1.97. The van der Waals surface area contributed by atoms with Crippen LogP contribution in [0.25, 0.3) is 0 Å². The molecule has 0 saturated heterocycles. The number of nitrogen functional groups attached to an aromatic ring is 1. The zero-order valence-corrected chi connectivity index (χ0v) is 12.1. The lowest BCUT2D eigenvalue weighted by Gasteiger charge is -2.11. The molecule has 21 heavy (non-hydrogen) atoms. The van der Waals surface area contributed by atoms with Gasteiger partial charge in [-0.15, -0.1) is 0 Å². The van der Waals surface area contributed by atoms with Crippen molar-refractivity contribution >= 4 is 11.8 Å². The molecule has 0 bridgehead atoms. The van der Waals surface area contributed by atoms with Crippen LogP contribution in [-0.2, 0) is 6.61 Å². The number of rotatable bonds is 8. The van der Waals surface area contributed by atoms with Crippen molar-refractivity contribution in [3.05, 3.63) is 30.2 Å². The third-order valence-corrected chi connectivity index (χ3v) is 2.85. The first kappa shape index (κ1) is 15.0. The Morgan fingerprint density at radius 2 is 2.24 bits per heavy atom. The van der Waals surface area contributed by atoms with Gasteiger partial charge in [0.25, 0.3) is 0 Å². The molecule has 0 radical (unpaired) electrons. The molecule has 7 nitrogen and oxygen atoms in total. The van der Waals surface area contributed by atoms with Crippen molar-refractivity contribution in [2.45, 2.75) is 32.8 Å². The number of hydrogen-bond acceptors (Lipinski definition) is 7. The van der Waals surface area contributed by atoms with Crippen molar-refractivity contribution in [1.82, 2.24) is 20.2 Å². The maximum Gasteiger partial charge on any atom is 0.222 e. The lowest BCUT2D eigenvalue weighted by molar-refractivity contribution is 0.299. The first-order valence-electron chi connectivity index (χ1n) is 7.05. The average molecular weight is 288 g/mol. The van der Waals surface area contributed by atoms with Gasteiger partial charge >= 0.3 is 0 Å². The second-order valence-electron chi connectivity index (χ2n) is 4.58. The van der Waals surface area contributed by atoms with E-state index in [2.05, 4.69) is 32.4 Å². The molecule has 0 spiro atoms. The topological polar surface area (TPSA) is 98.8 Å². The maximum atomic E-state index is 5.69. The molecule has 2 rings (SSSR count). The second-order valence-corrected chi connectivity index (χ2v) is 4.58. The number of unbranched alkanes of at least 4 members (excludes halogenated alkanes) is 2. The quantitative estimate of drug-likeness (QED) is 0.717. The summed E-state index contributed by atoms with van der Waals surface area (Å²) >= 11 is 0. The van der Waals surface area contributed by atoms with Gasteiger partial charge in [0.2, 0.25) is 5.95 Å². The van der Waals surface area contributed by atoms with Gasteiger partial charge in [-0.25, -0.2) is 4.98 Å². The molecule has 0 aliphatic carbocycles. The van der Waals surface area contributed by atoms with E-state index in [0.717, 1.165) is 18.7 Å². The van der Waals surface area contributed by atoms with Crippen LogP contribution in [0.3, 0.4) is 0 Å².